The highest BCUT2D eigenvalue weighted by Crippen LogP contribution is 2.16. The fourth-order valence-electron chi connectivity index (χ4n) is 1.96. The van der Waals surface area contributed by atoms with Crippen LogP contribution in [0.3, 0.4) is 0 Å². The maximum Gasteiger partial charge on any atom is 0.118 e. The minimum Gasteiger partial charge on any atom is -0.494 e. The summed E-state index contributed by atoms with van der Waals surface area (Å²) in [7, 11) is 1.88. The van der Waals surface area contributed by atoms with Crippen LogP contribution in [0.2, 0.25) is 0 Å². The molecule has 0 amide bonds. The van der Waals surface area contributed by atoms with Crippen LogP contribution in [0.1, 0.15) is 39.8 Å². The van der Waals surface area contributed by atoms with Crippen LogP contribution >= 0.6 is 0 Å². The molecule has 4 heteroatoms. The Labute approximate surface area is 159 Å². The lowest BCUT2D eigenvalue weighted by Crippen LogP contribution is -2.00. The average Bonchev–Trinajstić information content (AvgIpc) is 2.70. The van der Waals surface area contributed by atoms with Gasteiger partial charge >= 0.3 is 0 Å². The van der Waals surface area contributed by atoms with Gasteiger partial charge in [0.25, 0.3) is 0 Å². The van der Waals surface area contributed by atoms with Crippen LogP contribution in [0.15, 0.2) is 61.0 Å². The van der Waals surface area contributed by atoms with Crippen LogP contribution in [0.4, 0.5) is 5.69 Å². The van der Waals surface area contributed by atoms with Crippen LogP contribution in [-0.4, -0.2) is 31.9 Å². The summed E-state index contributed by atoms with van der Waals surface area (Å²) >= 11 is 0. The van der Waals surface area contributed by atoms with Crippen molar-refractivity contribution in [1.29, 1.82) is 0 Å². The molecule has 0 spiro atoms. The van der Waals surface area contributed by atoms with Gasteiger partial charge in [-0.25, -0.2) is 0 Å². The normalized spacial score (nSPS) is 11.7. The van der Waals surface area contributed by atoms with Gasteiger partial charge in [-0.3, -0.25) is 4.98 Å². The van der Waals surface area contributed by atoms with E-state index in [0.29, 0.717) is 13.2 Å². The zero-order chi connectivity index (χ0) is 19.6. The van der Waals surface area contributed by atoms with E-state index in [4.69, 9.17) is 9.47 Å². The lowest BCUT2D eigenvalue weighted by Gasteiger charge is -2.07. The molecule has 144 valence electrons. The molecule has 1 heterocycles. The number of rotatable bonds is 11. The third-order valence-corrected chi connectivity index (χ3v) is 3.23. The van der Waals surface area contributed by atoms with E-state index in [9.17, 15) is 0 Å². The van der Waals surface area contributed by atoms with Crippen molar-refractivity contribution >= 4 is 11.3 Å². The highest BCUT2D eigenvalue weighted by atomic mass is 16.5. The first-order valence-corrected chi connectivity index (χ1v) is 9.27. The van der Waals surface area contributed by atoms with Gasteiger partial charge in [0, 0.05) is 26.7 Å². The molecule has 1 aromatic rings. The Bertz CT molecular complexity index is 572. The largest absolute Gasteiger partial charge is 0.494 e. The maximum absolute atomic E-state index is 5.70. The molecule has 1 N–H and O–H groups in total. The standard InChI is InChI=1S/C20H28N2O2.C2H6/c1-5-9-17(20-13-11-18(21-4)16-22-20)10-12-19(6-2)24-15-8-14-23-7-3;1-2/h5-6,9-13,16,21H,2,7-8,14-15H2,1,3-4H3;1-2H3/b9-5-,17-10+,19-12+;. The highest BCUT2D eigenvalue weighted by molar-refractivity contribution is 5.73. The molecule has 0 aliphatic heterocycles. The Morgan fingerprint density at radius 1 is 1.23 bits per heavy atom. The topological polar surface area (TPSA) is 43.4 Å². The van der Waals surface area contributed by atoms with Crippen molar-refractivity contribution in [2.75, 3.05) is 32.2 Å². The molecule has 4 nitrogen and oxygen atoms in total. The number of nitrogens with one attached hydrogen (secondary N) is 1. The first-order chi connectivity index (χ1) is 12.7. The van der Waals surface area contributed by atoms with E-state index in [0.717, 1.165) is 35.7 Å². The lowest BCUT2D eigenvalue weighted by molar-refractivity contribution is 0.118. The first kappa shape index (κ1) is 23.7. The lowest BCUT2D eigenvalue weighted by atomic mass is 10.1. The molecule has 0 saturated heterocycles. The van der Waals surface area contributed by atoms with E-state index in [1.54, 1.807) is 6.08 Å². The summed E-state index contributed by atoms with van der Waals surface area (Å²) in [6, 6.07) is 3.99. The zero-order valence-corrected chi connectivity index (χ0v) is 16.9. The molecule has 0 fully saturated rings. The molecular weight excluding hydrogens is 324 g/mol. The maximum atomic E-state index is 5.70. The van der Waals surface area contributed by atoms with Gasteiger partial charge in [-0.15, -0.1) is 0 Å². The van der Waals surface area contributed by atoms with Gasteiger partial charge < -0.3 is 14.8 Å². The van der Waals surface area contributed by atoms with E-state index in [1.807, 2.05) is 77.4 Å². The number of hydrogen-bond acceptors (Lipinski definition) is 4. The zero-order valence-electron chi connectivity index (χ0n) is 16.9. The minimum absolute atomic E-state index is 0.611. The number of ether oxygens (including phenoxy) is 2. The van der Waals surface area contributed by atoms with Gasteiger partial charge in [-0.05, 0) is 49.8 Å². The Morgan fingerprint density at radius 3 is 2.54 bits per heavy atom. The van der Waals surface area contributed by atoms with Gasteiger partial charge in [0.1, 0.15) is 5.76 Å². The number of pyridine rings is 1. The van der Waals surface area contributed by atoms with Gasteiger partial charge in [0.05, 0.1) is 24.2 Å². The molecule has 0 bridgehead atoms. The van der Waals surface area contributed by atoms with Crippen molar-refractivity contribution in [2.24, 2.45) is 0 Å². The fourth-order valence-corrected chi connectivity index (χ4v) is 1.96. The molecule has 0 aliphatic carbocycles. The van der Waals surface area contributed by atoms with Crippen molar-refractivity contribution in [3.05, 3.63) is 66.7 Å². The van der Waals surface area contributed by atoms with Crippen LogP contribution in [0.25, 0.3) is 5.57 Å². The number of allylic oxidation sites excluding steroid dienone is 6. The number of anilines is 1. The third kappa shape index (κ3) is 9.84. The van der Waals surface area contributed by atoms with E-state index in [2.05, 4.69) is 16.9 Å². The van der Waals surface area contributed by atoms with Gasteiger partial charge in [-0.2, -0.15) is 0 Å². The highest BCUT2D eigenvalue weighted by Gasteiger charge is 2.00. The van der Waals surface area contributed by atoms with E-state index in [1.165, 1.54) is 0 Å². The Morgan fingerprint density at radius 2 is 2.00 bits per heavy atom. The minimum atomic E-state index is 0.611. The molecule has 0 unspecified atom stereocenters. The second-order valence-corrected chi connectivity index (χ2v) is 4.98. The van der Waals surface area contributed by atoms with Crippen LogP contribution in [0.5, 0.6) is 0 Å². The molecule has 0 saturated carbocycles. The molecular formula is C22H34N2O2. The van der Waals surface area contributed by atoms with Crippen molar-refractivity contribution in [3.63, 3.8) is 0 Å². The molecule has 0 radical (unpaired) electrons. The van der Waals surface area contributed by atoms with E-state index >= 15 is 0 Å². The summed E-state index contributed by atoms with van der Waals surface area (Å²) in [5.41, 5.74) is 2.90. The number of nitrogens with zero attached hydrogens (tertiary/aromatic N) is 1. The van der Waals surface area contributed by atoms with Gasteiger partial charge in [-0.1, -0.05) is 32.6 Å². The summed E-state index contributed by atoms with van der Waals surface area (Å²) in [5.74, 6) is 0.736. The molecule has 0 aromatic carbocycles. The molecule has 26 heavy (non-hydrogen) atoms. The summed E-state index contributed by atoms with van der Waals surface area (Å²) < 4.78 is 11.0. The second-order valence-electron chi connectivity index (χ2n) is 4.98. The van der Waals surface area contributed by atoms with Crippen molar-refractivity contribution in [2.45, 2.75) is 34.1 Å². The fraction of sp³-hybridized carbons (Fsp3) is 0.409. The molecule has 0 atom stereocenters. The monoisotopic (exact) mass is 358 g/mol. The summed E-state index contributed by atoms with van der Waals surface area (Å²) in [4.78, 5) is 4.47. The van der Waals surface area contributed by atoms with Gasteiger partial charge in [0.2, 0.25) is 0 Å². The average molecular weight is 359 g/mol. The predicted molar refractivity (Wildman–Crippen MR) is 113 cm³/mol. The third-order valence-electron chi connectivity index (χ3n) is 3.23. The molecule has 1 rings (SSSR count). The van der Waals surface area contributed by atoms with Crippen molar-refractivity contribution < 1.29 is 9.47 Å². The Balaban J connectivity index is 0.00000301. The van der Waals surface area contributed by atoms with Crippen molar-refractivity contribution in [1.82, 2.24) is 4.98 Å². The van der Waals surface area contributed by atoms with Crippen LogP contribution in [0, 0.1) is 0 Å². The SMILES string of the molecule is C=C\C(=C/C=C(\C=C/C)c1ccc(NC)cn1)OCCCOCC.CC. The summed E-state index contributed by atoms with van der Waals surface area (Å²) in [5, 5.41) is 3.07. The molecule has 0 aliphatic rings. The summed E-state index contributed by atoms with van der Waals surface area (Å²) in [6.07, 6.45) is 12.3. The second kappa shape index (κ2) is 16.2. The Hall–Kier alpha value is -2.33. The Kier molecular flexibility index (Phi) is 14.7. The van der Waals surface area contributed by atoms with E-state index in [-0.39, 0.29) is 0 Å². The summed E-state index contributed by atoms with van der Waals surface area (Å²) in [6.45, 7) is 13.8. The predicted octanol–water partition coefficient (Wildman–Crippen LogP) is 5.62. The van der Waals surface area contributed by atoms with Gasteiger partial charge in [0.15, 0.2) is 0 Å². The van der Waals surface area contributed by atoms with Crippen LogP contribution < -0.4 is 5.32 Å². The first-order valence-electron chi connectivity index (χ1n) is 9.27. The smallest absolute Gasteiger partial charge is 0.118 e. The van der Waals surface area contributed by atoms with Crippen molar-refractivity contribution in [3.8, 4) is 0 Å². The van der Waals surface area contributed by atoms with Crippen LogP contribution in [-0.2, 0) is 9.47 Å². The van der Waals surface area contributed by atoms with E-state index < -0.39 is 0 Å². The number of aromatic nitrogens is 1. The quantitative estimate of drug-likeness (QED) is 0.317. The molecule has 1 aromatic heterocycles. The number of hydrogen-bond donors (Lipinski definition) is 1.